The molecule has 168 valence electrons. The summed E-state index contributed by atoms with van der Waals surface area (Å²) in [5, 5.41) is 6.91. The fourth-order valence-corrected chi connectivity index (χ4v) is 3.62. The zero-order chi connectivity index (χ0) is 23.4. The third-order valence-corrected chi connectivity index (χ3v) is 5.63. The van der Waals surface area contributed by atoms with Gasteiger partial charge in [-0.05, 0) is 42.0 Å². The molecule has 3 heterocycles. The highest BCUT2D eigenvalue weighted by Crippen LogP contribution is 2.23. The zero-order valence-electron chi connectivity index (χ0n) is 17.7. The van der Waals surface area contributed by atoms with Gasteiger partial charge < -0.3 is 10.6 Å². The van der Waals surface area contributed by atoms with Crippen LogP contribution in [0.1, 0.15) is 12.5 Å². The van der Waals surface area contributed by atoms with E-state index < -0.39 is 0 Å². The maximum atomic E-state index is 13.3. The molecule has 0 saturated carbocycles. The molecule has 10 heteroatoms. The number of anilines is 1. The number of nitrogens with zero attached hydrogens (tertiary/aromatic N) is 4. The Kier molecular flexibility index (Phi) is 6.86. The lowest BCUT2D eigenvalue weighted by Crippen LogP contribution is -2.31. The summed E-state index contributed by atoms with van der Waals surface area (Å²) in [4.78, 5) is 37.9. The van der Waals surface area contributed by atoms with Crippen LogP contribution in [0, 0.1) is 0 Å². The highest BCUT2D eigenvalue weighted by molar-refractivity contribution is 6.42. The molecule has 33 heavy (non-hydrogen) atoms. The van der Waals surface area contributed by atoms with Crippen LogP contribution in [0.15, 0.2) is 59.7 Å². The van der Waals surface area contributed by atoms with Crippen LogP contribution >= 0.6 is 23.2 Å². The molecule has 0 fully saturated rings. The number of pyridine rings is 2. The van der Waals surface area contributed by atoms with Crippen molar-refractivity contribution in [2.24, 2.45) is 0 Å². The monoisotopic (exact) mass is 482 g/mol. The number of hydrogen-bond donors (Lipinski definition) is 2. The summed E-state index contributed by atoms with van der Waals surface area (Å²) in [6, 6.07) is 12.5. The average Bonchev–Trinajstić information content (AvgIpc) is 2.81. The topological polar surface area (TPSA) is 102 Å². The highest BCUT2D eigenvalue weighted by Gasteiger charge is 2.15. The molecule has 0 spiro atoms. The Bertz CT molecular complexity index is 1370. The molecular weight excluding hydrogens is 463 g/mol. The van der Waals surface area contributed by atoms with E-state index >= 15 is 0 Å². The maximum absolute atomic E-state index is 13.3. The number of aromatic nitrogens is 4. The normalized spacial score (nSPS) is 10.9. The third-order valence-electron chi connectivity index (χ3n) is 4.89. The van der Waals surface area contributed by atoms with Gasteiger partial charge in [0.1, 0.15) is 17.0 Å². The second-order valence-electron chi connectivity index (χ2n) is 7.28. The number of fused-ring (bicyclic) bond motifs is 1. The molecule has 4 aromatic rings. The Morgan fingerprint density at radius 3 is 2.67 bits per heavy atom. The fraction of sp³-hybridized carbons (Fsp3) is 0.174. The predicted molar refractivity (Wildman–Crippen MR) is 130 cm³/mol. The average molecular weight is 483 g/mol. The quantitative estimate of drug-likeness (QED) is 0.414. The highest BCUT2D eigenvalue weighted by atomic mass is 35.5. The van der Waals surface area contributed by atoms with Gasteiger partial charge >= 0.3 is 0 Å². The van der Waals surface area contributed by atoms with E-state index in [0.29, 0.717) is 39.1 Å². The SMILES string of the molecule is CC(=O)NCCn1c(=O)c(-c2cccnc2)nc2ccc(NCc3ccc(Cl)c(Cl)c3)nc21. The van der Waals surface area contributed by atoms with E-state index in [-0.39, 0.29) is 30.2 Å². The second kappa shape index (κ2) is 9.97. The predicted octanol–water partition coefficient (Wildman–Crippen LogP) is 3.91. The molecule has 4 rings (SSSR count). The van der Waals surface area contributed by atoms with Crippen molar-refractivity contribution in [2.75, 3.05) is 11.9 Å². The van der Waals surface area contributed by atoms with Crippen molar-refractivity contribution in [1.29, 1.82) is 0 Å². The van der Waals surface area contributed by atoms with Gasteiger partial charge in [-0.2, -0.15) is 0 Å². The Morgan fingerprint density at radius 1 is 1.09 bits per heavy atom. The zero-order valence-corrected chi connectivity index (χ0v) is 19.2. The van der Waals surface area contributed by atoms with Crippen LogP contribution in [0.5, 0.6) is 0 Å². The van der Waals surface area contributed by atoms with Crippen molar-refractivity contribution in [3.05, 3.63) is 80.8 Å². The maximum Gasteiger partial charge on any atom is 0.278 e. The van der Waals surface area contributed by atoms with E-state index in [9.17, 15) is 9.59 Å². The molecule has 0 saturated heterocycles. The summed E-state index contributed by atoms with van der Waals surface area (Å²) in [7, 11) is 0. The van der Waals surface area contributed by atoms with E-state index in [0.717, 1.165) is 5.56 Å². The lowest BCUT2D eigenvalue weighted by molar-refractivity contribution is -0.118. The minimum atomic E-state index is -0.310. The molecular formula is C23H20Cl2N6O2. The number of nitrogens with one attached hydrogen (secondary N) is 2. The summed E-state index contributed by atoms with van der Waals surface area (Å²) < 4.78 is 1.52. The molecule has 0 aliphatic rings. The van der Waals surface area contributed by atoms with Crippen LogP contribution in [-0.4, -0.2) is 32.0 Å². The molecule has 0 radical (unpaired) electrons. The molecule has 0 bridgehead atoms. The number of rotatable bonds is 7. The van der Waals surface area contributed by atoms with Crippen molar-refractivity contribution in [3.63, 3.8) is 0 Å². The molecule has 0 aliphatic carbocycles. The van der Waals surface area contributed by atoms with Crippen LogP contribution in [0.25, 0.3) is 22.4 Å². The van der Waals surface area contributed by atoms with Crippen LogP contribution in [0.2, 0.25) is 10.0 Å². The first-order chi connectivity index (χ1) is 15.9. The molecule has 1 amide bonds. The van der Waals surface area contributed by atoms with Gasteiger partial charge in [0.2, 0.25) is 5.91 Å². The summed E-state index contributed by atoms with van der Waals surface area (Å²) in [6.07, 6.45) is 3.22. The minimum Gasteiger partial charge on any atom is -0.366 e. The van der Waals surface area contributed by atoms with E-state index in [4.69, 9.17) is 23.2 Å². The Labute approximate surface area is 199 Å². The van der Waals surface area contributed by atoms with E-state index in [1.165, 1.54) is 11.5 Å². The van der Waals surface area contributed by atoms with Gasteiger partial charge in [0.15, 0.2) is 5.65 Å². The summed E-state index contributed by atoms with van der Waals surface area (Å²) in [5.41, 5.74) is 2.47. The number of benzene rings is 1. The van der Waals surface area contributed by atoms with Crippen molar-refractivity contribution < 1.29 is 4.79 Å². The van der Waals surface area contributed by atoms with Gasteiger partial charge in [-0.3, -0.25) is 19.1 Å². The van der Waals surface area contributed by atoms with Crippen LogP contribution in [0.3, 0.4) is 0 Å². The number of amides is 1. The number of hydrogen-bond acceptors (Lipinski definition) is 6. The van der Waals surface area contributed by atoms with Crippen LogP contribution < -0.4 is 16.2 Å². The lowest BCUT2D eigenvalue weighted by atomic mass is 10.2. The second-order valence-corrected chi connectivity index (χ2v) is 8.10. The molecule has 0 unspecified atom stereocenters. The van der Waals surface area contributed by atoms with Gasteiger partial charge in [-0.1, -0.05) is 29.3 Å². The van der Waals surface area contributed by atoms with E-state index in [2.05, 4.69) is 25.6 Å². The Morgan fingerprint density at radius 2 is 1.94 bits per heavy atom. The first-order valence-electron chi connectivity index (χ1n) is 10.2. The molecule has 1 aromatic carbocycles. The summed E-state index contributed by atoms with van der Waals surface area (Å²) in [5.74, 6) is 0.392. The van der Waals surface area contributed by atoms with Gasteiger partial charge in [-0.15, -0.1) is 0 Å². The van der Waals surface area contributed by atoms with Crippen molar-refractivity contribution in [1.82, 2.24) is 24.8 Å². The van der Waals surface area contributed by atoms with Gasteiger partial charge in [0, 0.05) is 44.5 Å². The number of carbonyl (C=O) groups is 1. The minimum absolute atomic E-state index is 0.175. The molecule has 0 atom stereocenters. The smallest absolute Gasteiger partial charge is 0.278 e. The van der Waals surface area contributed by atoms with Gasteiger partial charge in [0.25, 0.3) is 5.56 Å². The Balaban J connectivity index is 1.71. The Hall–Kier alpha value is -3.49. The molecule has 0 aliphatic heterocycles. The summed E-state index contributed by atoms with van der Waals surface area (Å²) >= 11 is 12.1. The molecule has 8 nitrogen and oxygen atoms in total. The number of halogens is 2. The van der Waals surface area contributed by atoms with Crippen molar-refractivity contribution >= 4 is 46.1 Å². The fourth-order valence-electron chi connectivity index (χ4n) is 3.30. The van der Waals surface area contributed by atoms with E-state index in [1.54, 1.807) is 48.8 Å². The van der Waals surface area contributed by atoms with Gasteiger partial charge in [0.05, 0.1) is 10.0 Å². The van der Waals surface area contributed by atoms with E-state index in [1.807, 2.05) is 6.07 Å². The van der Waals surface area contributed by atoms with Gasteiger partial charge in [-0.25, -0.2) is 9.97 Å². The molecule has 2 N–H and O–H groups in total. The first kappa shape index (κ1) is 22.7. The van der Waals surface area contributed by atoms with Crippen molar-refractivity contribution in [3.8, 4) is 11.3 Å². The van der Waals surface area contributed by atoms with Crippen LogP contribution in [0.4, 0.5) is 5.82 Å². The number of carbonyl (C=O) groups excluding carboxylic acids is 1. The summed E-state index contributed by atoms with van der Waals surface area (Å²) in [6.45, 7) is 2.42. The molecule has 3 aromatic heterocycles. The standard InChI is InChI=1S/C23H20Cl2N6O2/c1-14(32)27-9-10-31-22-19(29-21(23(31)33)16-3-2-8-26-13-16)6-7-20(30-22)28-12-15-4-5-17(24)18(25)11-15/h2-8,11,13H,9-10,12H2,1H3,(H,27,32)(H,28,30). The first-order valence-corrected chi connectivity index (χ1v) is 10.9. The largest absolute Gasteiger partial charge is 0.366 e. The lowest BCUT2D eigenvalue weighted by Gasteiger charge is -2.14. The third kappa shape index (κ3) is 5.30. The van der Waals surface area contributed by atoms with Crippen LogP contribution in [-0.2, 0) is 17.9 Å². The van der Waals surface area contributed by atoms with Crippen molar-refractivity contribution in [2.45, 2.75) is 20.0 Å².